The molecule has 0 aliphatic carbocycles. The van der Waals surface area contributed by atoms with Crippen LogP contribution in [0.4, 0.5) is 5.69 Å². The van der Waals surface area contributed by atoms with E-state index in [0.29, 0.717) is 16.3 Å². The van der Waals surface area contributed by atoms with Gasteiger partial charge in [-0.25, -0.2) is 5.01 Å². The highest BCUT2D eigenvalue weighted by molar-refractivity contribution is 7.80. The van der Waals surface area contributed by atoms with E-state index in [1.807, 2.05) is 6.07 Å². The number of thiocarbonyl (C=S) groups is 1. The third-order valence-corrected chi connectivity index (χ3v) is 4.91. The zero-order valence-corrected chi connectivity index (χ0v) is 16.5. The maximum atomic E-state index is 12.5. The van der Waals surface area contributed by atoms with Gasteiger partial charge in [-0.1, -0.05) is 29.8 Å². The smallest absolute Gasteiger partial charge is 0.269 e. The highest BCUT2D eigenvalue weighted by Gasteiger charge is 2.42. The Kier molecular flexibility index (Phi) is 5.91. The SMILES string of the molecule is CN1C(=O)C(CC(=O)Nc2ccccc2)N(NC(=O)c2ccc(Cl)cc2)C1=S. The number of benzene rings is 2. The van der Waals surface area contributed by atoms with Crippen LogP contribution in [-0.4, -0.2) is 45.8 Å². The summed E-state index contributed by atoms with van der Waals surface area (Å²) in [4.78, 5) is 38.7. The molecule has 28 heavy (non-hydrogen) atoms. The number of nitrogens with zero attached hydrogens (tertiary/aromatic N) is 2. The quantitative estimate of drug-likeness (QED) is 0.732. The van der Waals surface area contributed by atoms with Crippen LogP contribution >= 0.6 is 23.8 Å². The van der Waals surface area contributed by atoms with E-state index >= 15 is 0 Å². The Hall–Kier alpha value is -2.97. The van der Waals surface area contributed by atoms with Gasteiger partial charge in [0.25, 0.3) is 11.8 Å². The van der Waals surface area contributed by atoms with Gasteiger partial charge >= 0.3 is 0 Å². The molecule has 2 aromatic rings. The van der Waals surface area contributed by atoms with Gasteiger partial charge in [-0.05, 0) is 48.6 Å². The Labute approximate surface area is 172 Å². The van der Waals surface area contributed by atoms with Crippen LogP contribution in [0.5, 0.6) is 0 Å². The molecular weight excluding hydrogens is 400 g/mol. The summed E-state index contributed by atoms with van der Waals surface area (Å²) in [5.41, 5.74) is 3.58. The third-order valence-electron chi connectivity index (χ3n) is 4.19. The Morgan fingerprint density at radius 2 is 1.75 bits per heavy atom. The number of para-hydroxylation sites is 1. The van der Waals surface area contributed by atoms with Gasteiger partial charge in [-0.15, -0.1) is 0 Å². The minimum absolute atomic E-state index is 0.116. The van der Waals surface area contributed by atoms with Gasteiger partial charge in [-0.2, -0.15) is 0 Å². The molecule has 1 aliphatic heterocycles. The summed E-state index contributed by atoms with van der Waals surface area (Å²) in [5, 5.41) is 4.59. The van der Waals surface area contributed by atoms with Crippen LogP contribution in [0.2, 0.25) is 5.02 Å². The summed E-state index contributed by atoms with van der Waals surface area (Å²) in [6.45, 7) is 0. The lowest BCUT2D eigenvalue weighted by molar-refractivity contribution is -0.130. The maximum Gasteiger partial charge on any atom is 0.269 e. The van der Waals surface area contributed by atoms with Gasteiger partial charge in [-0.3, -0.25) is 24.7 Å². The van der Waals surface area contributed by atoms with E-state index < -0.39 is 11.9 Å². The van der Waals surface area contributed by atoms with Crippen molar-refractivity contribution in [3.8, 4) is 0 Å². The number of likely N-dealkylation sites (N-methyl/N-ethyl adjacent to an activating group) is 1. The molecule has 2 N–H and O–H groups in total. The number of halogens is 1. The van der Waals surface area contributed by atoms with Crippen molar-refractivity contribution >= 4 is 52.3 Å². The maximum absolute atomic E-state index is 12.5. The summed E-state index contributed by atoms with van der Waals surface area (Å²) < 4.78 is 0. The fraction of sp³-hybridized carbons (Fsp3) is 0.158. The second-order valence-electron chi connectivity index (χ2n) is 6.13. The van der Waals surface area contributed by atoms with Gasteiger partial charge in [0, 0.05) is 23.3 Å². The molecule has 0 radical (unpaired) electrons. The molecule has 0 saturated carbocycles. The van der Waals surface area contributed by atoms with Crippen LogP contribution in [0.15, 0.2) is 54.6 Å². The zero-order valence-electron chi connectivity index (χ0n) is 14.9. The summed E-state index contributed by atoms with van der Waals surface area (Å²) in [7, 11) is 1.50. The molecule has 9 heteroatoms. The number of anilines is 1. The number of nitrogens with one attached hydrogen (secondary N) is 2. The molecule has 1 atom stereocenters. The van der Waals surface area contributed by atoms with E-state index in [-0.39, 0.29) is 23.3 Å². The number of hydrogen-bond donors (Lipinski definition) is 2. The van der Waals surface area contributed by atoms with Crippen molar-refractivity contribution in [1.29, 1.82) is 0 Å². The molecule has 2 aromatic carbocycles. The summed E-state index contributed by atoms with van der Waals surface area (Å²) in [6, 6.07) is 14.2. The fourth-order valence-electron chi connectivity index (χ4n) is 2.71. The van der Waals surface area contributed by atoms with Gasteiger partial charge < -0.3 is 5.32 Å². The van der Waals surface area contributed by atoms with Crippen LogP contribution in [0.3, 0.4) is 0 Å². The lowest BCUT2D eigenvalue weighted by atomic mass is 10.2. The minimum atomic E-state index is -0.933. The molecular formula is C19H17ClN4O3S. The molecule has 0 spiro atoms. The third kappa shape index (κ3) is 4.29. The average molecular weight is 417 g/mol. The number of hydrazine groups is 1. The van der Waals surface area contributed by atoms with Crippen molar-refractivity contribution < 1.29 is 14.4 Å². The van der Waals surface area contributed by atoms with Crippen molar-refractivity contribution in [3.63, 3.8) is 0 Å². The predicted molar refractivity (Wildman–Crippen MR) is 110 cm³/mol. The largest absolute Gasteiger partial charge is 0.326 e. The van der Waals surface area contributed by atoms with E-state index in [0.717, 1.165) is 0 Å². The average Bonchev–Trinajstić information content (AvgIpc) is 2.87. The molecule has 1 unspecified atom stereocenters. The van der Waals surface area contributed by atoms with Crippen molar-refractivity contribution in [2.75, 3.05) is 12.4 Å². The standard InChI is InChI=1S/C19H17ClN4O3S/c1-23-18(27)15(11-16(25)21-14-5-3-2-4-6-14)24(19(23)28)22-17(26)12-7-9-13(20)10-8-12/h2-10,15H,11H2,1H3,(H,21,25)(H,22,26). The molecule has 1 fully saturated rings. The highest BCUT2D eigenvalue weighted by Crippen LogP contribution is 2.19. The van der Waals surface area contributed by atoms with Crippen molar-refractivity contribution in [3.05, 3.63) is 65.2 Å². The first-order chi connectivity index (χ1) is 13.4. The zero-order chi connectivity index (χ0) is 20.3. The molecule has 1 heterocycles. The summed E-state index contributed by atoms with van der Waals surface area (Å²) >= 11 is 11.1. The topological polar surface area (TPSA) is 81.8 Å². The molecule has 3 amide bonds. The second kappa shape index (κ2) is 8.37. The predicted octanol–water partition coefficient (Wildman–Crippen LogP) is 2.44. The first-order valence-corrected chi connectivity index (χ1v) is 9.17. The lowest BCUT2D eigenvalue weighted by Crippen LogP contribution is -2.49. The molecule has 0 bridgehead atoms. The van der Waals surface area contributed by atoms with Crippen molar-refractivity contribution in [1.82, 2.24) is 15.3 Å². The monoisotopic (exact) mass is 416 g/mol. The Bertz CT molecular complexity index is 921. The number of carbonyl (C=O) groups is 3. The molecule has 0 aromatic heterocycles. The van der Waals surface area contributed by atoms with E-state index in [9.17, 15) is 14.4 Å². The van der Waals surface area contributed by atoms with Gasteiger partial charge in [0.05, 0.1) is 6.42 Å². The first-order valence-electron chi connectivity index (χ1n) is 8.39. The summed E-state index contributed by atoms with van der Waals surface area (Å²) in [5.74, 6) is -1.20. The van der Waals surface area contributed by atoms with Crippen LogP contribution in [-0.2, 0) is 9.59 Å². The van der Waals surface area contributed by atoms with Crippen LogP contribution < -0.4 is 10.7 Å². The van der Waals surface area contributed by atoms with Crippen molar-refractivity contribution in [2.45, 2.75) is 12.5 Å². The molecule has 144 valence electrons. The van der Waals surface area contributed by atoms with Gasteiger partial charge in [0.1, 0.15) is 6.04 Å². The van der Waals surface area contributed by atoms with E-state index in [2.05, 4.69) is 10.7 Å². The lowest BCUT2D eigenvalue weighted by Gasteiger charge is -2.24. The Morgan fingerprint density at radius 3 is 2.39 bits per heavy atom. The van der Waals surface area contributed by atoms with Crippen LogP contribution in [0.1, 0.15) is 16.8 Å². The van der Waals surface area contributed by atoms with Crippen LogP contribution in [0.25, 0.3) is 0 Å². The normalized spacial score (nSPS) is 16.3. The van der Waals surface area contributed by atoms with Crippen molar-refractivity contribution in [2.24, 2.45) is 0 Å². The number of rotatable bonds is 5. The van der Waals surface area contributed by atoms with E-state index in [4.69, 9.17) is 23.8 Å². The fourth-order valence-corrected chi connectivity index (χ4v) is 3.10. The van der Waals surface area contributed by atoms with Gasteiger partial charge in [0.2, 0.25) is 5.91 Å². The molecule has 3 rings (SSSR count). The van der Waals surface area contributed by atoms with E-state index in [1.165, 1.54) is 17.0 Å². The van der Waals surface area contributed by atoms with Crippen LogP contribution in [0, 0.1) is 0 Å². The number of carbonyl (C=O) groups excluding carboxylic acids is 3. The minimum Gasteiger partial charge on any atom is -0.326 e. The number of amides is 3. The summed E-state index contributed by atoms with van der Waals surface area (Å²) in [6.07, 6.45) is -0.168. The molecule has 1 aliphatic rings. The van der Waals surface area contributed by atoms with Gasteiger partial charge in [0.15, 0.2) is 5.11 Å². The molecule has 7 nitrogen and oxygen atoms in total. The van der Waals surface area contributed by atoms with E-state index in [1.54, 1.807) is 48.5 Å². The number of hydrogen-bond acceptors (Lipinski definition) is 4. The first kappa shape index (κ1) is 19.8. The Morgan fingerprint density at radius 1 is 1.11 bits per heavy atom. The Balaban J connectivity index is 1.73. The second-order valence-corrected chi connectivity index (χ2v) is 6.93. The molecule has 1 saturated heterocycles. The highest BCUT2D eigenvalue weighted by atomic mass is 35.5.